The molecular formula is C21H28N6O6. The number of carbonyl (C=O) groups is 3. The second-order valence-corrected chi connectivity index (χ2v) is 8.12. The van der Waals surface area contributed by atoms with Crippen molar-refractivity contribution in [2.45, 2.75) is 43.8 Å². The number of aromatic nitrogens is 1. The topological polar surface area (TPSA) is 209 Å². The van der Waals surface area contributed by atoms with Gasteiger partial charge in [0.05, 0.1) is 17.6 Å². The van der Waals surface area contributed by atoms with Crippen LogP contribution in [0.1, 0.15) is 36.2 Å². The number of pyridine rings is 1. The predicted molar refractivity (Wildman–Crippen MR) is 118 cm³/mol. The number of aromatic amines is 1. The fourth-order valence-corrected chi connectivity index (χ4v) is 3.98. The van der Waals surface area contributed by atoms with Crippen molar-refractivity contribution in [3.8, 4) is 5.75 Å². The first kappa shape index (κ1) is 24.2. The zero-order valence-corrected chi connectivity index (χ0v) is 17.9. The van der Waals surface area contributed by atoms with Crippen LogP contribution in [0.25, 0.3) is 10.9 Å². The van der Waals surface area contributed by atoms with Gasteiger partial charge in [0, 0.05) is 30.5 Å². The maximum absolute atomic E-state index is 13.2. The number of phenols is 1. The first-order chi connectivity index (χ1) is 15.6. The highest BCUT2D eigenvalue weighted by Gasteiger charge is 2.43. The van der Waals surface area contributed by atoms with Crippen LogP contribution < -0.4 is 22.6 Å². The monoisotopic (exact) mass is 460 g/mol. The number of unbranched alkanes of at least 4 members (excludes halogenated alkanes) is 1. The molecule has 1 fully saturated rings. The van der Waals surface area contributed by atoms with Crippen LogP contribution in [0.3, 0.4) is 0 Å². The number of hydrogen-bond donors (Lipinski definition) is 6. The van der Waals surface area contributed by atoms with Crippen LogP contribution in [0.15, 0.2) is 29.1 Å². The van der Waals surface area contributed by atoms with E-state index >= 15 is 0 Å². The molecule has 0 spiro atoms. The molecule has 1 saturated heterocycles. The van der Waals surface area contributed by atoms with E-state index in [1.807, 2.05) is 0 Å². The van der Waals surface area contributed by atoms with Gasteiger partial charge < -0.3 is 32.2 Å². The minimum atomic E-state index is -1.11. The molecule has 9 N–H and O–H groups in total. The van der Waals surface area contributed by atoms with Crippen molar-refractivity contribution in [1.29, 1.82) is 0 Å². The Balaban J connectivity index is 1.82. The van der Waals surface area contributed by atoms with E-state index in [4.69, 9.17) is 17.2 Å². The molecule has 3 atom stereocenters. The van der Waals surface area contributed by atoms with Gasteiger partial charge in [-0.05, 0) is 31.5 Å². The summed E-state index contributed by atoms with van der Waals surface area (Å²) in [6, 6.07) is 2.18. The van der Waals surface area contributed by atoms with Gasteiger partial charge in [-0.25, -0.2) is 5.06 Å². The largest absolute Gasteiger partial charge is 0.508 e. The van der Waals surface area contributed by atoms with E-state index in [1.165, 1.54) is 18.2 Å². The summed E-state index contributed by atoms with van der Waals surface area (Å²) in [6.45, 7) is 0.268. The number of aromatic hydroxyl groups is 1. The van der Waals surface area contributed by atoms with Crippen molar-refractivity contribution in [3.05, 3.63) is 40.2 Å². The van der Waals surface area contributed by atoms with Crippen molar-refractivity contribution < 1.29 is 24.7 Å². The molecule has 178 valence electrons. The molecule has 33 heavy (non-hydrogen) atoms. The van der Waals surface area contributed by atoms with Crippen LogP contribution in [-0.4, -0.2) is 74.2 Å². The van der Waals surface area contributed by atoms with Gasteiger partial charge in [0.1, 0.15) is 17.5 Å². The van der Waals surface area contributed by atoms with Gasteiger partial charge in [-0.1, -0.05) is 6.42 Å². The minimum absolute atomic E-state index is 0.0859. The number of nitrogens with zero attached hydrogens (tertiary/aromatic N) is 2. The maximum atomic E-state index is 13.2. The highest BCUT2D eigenvalue weighted by Crippen LogP contribution is 2.24. The molecule has 0 unspecified atom stereocenters. The summed E-state index contributed by atoms with van der Waals surface area (Å²) in [6.07, 6.45) is 1.54. The van der Waals surface area contributed by atoms with Crippen molar-refractivity contribution in [2.24, 2.45) is 17.2 Å². The molecular weight excluding hydrogens is 432 g/mol. The summed E-state index contributed by atoms with van der Waals surface area (Å²) in [5, 5.41) is 20.8. The summed E-state index contributed by atoms with van der Waals surface area (Å²) < 4.78 is 0. The SMILES string of the molecule is NCCCC[C@H](N)C(=O)N(O)[C@H]1C[C@@H](C(N)=O)N(C(=O)c2cc(=O)c3ccc(O)cc3[nH]2)C1. The van der Waals surface area contributed by atoms with Crippen LogP contribution in [0.2, 0.25) is 0 Å². The Morgan fingerprint density at radius 1 is 1.24 bits per heavy atom. The van der Waals surface area contributed by atoms with Crippen LogP contribution in [0, 0.1) is 0 Å². The van der Waals surface area contributed by atoms with E-state index in [2.05, 4.69) is 4.98 Å². The number of hydrogen-bond acceptors (Lipinski definition) is 8. The third-order valence-corrected chi connectivity index (χ3v) is 5.77. The van der Waals surface area contributed by atoms with E-state index in [9.17, 15) is 29.5 Å². The van der Waals surface area contributed by atoms with Gasteiger partial charge in [0.2, 0.25) is 5.91 Å². The standard InChI is InChI=1S/C21H28N6O6/c22-6-2-1-3-14(23)20(31)27(33)11-7-17(19(24)30)26(10-11)21(32)16-9-18(29)13-5-4-12(28)8-15(13)25-16/h4-5,8-9,11,14,17,28,33H,1-3,6-7,10,22-23H2,(H2,24,30)(H,25,29)/t11-,14-,17-/m0/s1. The van der Waals surface area contributed by atoms with Gasteiger partial charge >= 0.3 is 0 Å². The molecule has 0 saturated carbocycles. The molecule has 3 rings (SSSR count). The lowest BCUT2D eigenvalue weighted by Gasteiger charge is -2.25. The van der Waals surface area contributed by atoms with E-state index < -0.39 is 41.3 Å². The van der Waals surface area contributed by atoms with E-state index in [1.54, 1.807) is 0 Å². The number of nitrogens with two attached hydrogens (primary N) is 3. The van der Waals surface area contributed by atoms with E-state index in [0.717, 1.165) is 11.0 Å². The fraction of sp³-hybridized carbons (Fsp3) is 0.429. The number of benzene rings is 1. The lowest BCUT2D eigenvalue weighted by Crippen LogP contribution is -2.48. The van der Waals surface area contributed by atoms with Crippen LogP contribution >= 0.6 is 0 Å². The van der Waals surface area contributed by atoms with E-state index in [-0.39, 0.29) is 35.3 Å². The molecule has 0 radical (unpaired) electrons. The number of rotatable bonds is 8. The summed E-state index contributed by atoms with van der Waals surface area (Å²) in [5.74, 6) is -2.36. The summed E-state index contributed by atoms with van der Waals surface area (Å²) in [5.41, 5.74) is 16.4. The molecule has 1 aliphatic heterocycles. The number of carbonyl (C=O) groups excluding carboxylic acids is 3. The Labute approximate surface area is 188 Å². The number of primary amides is 1. The maximum Gasteiger partial charge on any atom is 0.271 e. The number of amides is 3. The molecule has 2 heterocycles. The second kappa shape index (κ2) is 9.98. The van der Waals surface area contributed by atoms with Crippen LogP contribution in [0.4, 0.5) is 0 Å². The molecule has 1 aromatic heterocycles. The van der Waals surface area contributed by atoms with E-state index in [0.29, 0.717) is 30.9 Å². The Morgan fingerprint density at radius 3 is 2.64 bits per heavy atom. The fourth-order valence-electron chi connectivity index (χ4n) is 3.98. The van der Waals surface area contributed by atoms with Gasteiger partial charge in [-0.3, -0.25) is 24.4 Å². The normalized spacial score (nSPS) is 18.9. The first-order valence-electron chi connectivity index (χ1n) is 10.6. The van der Waals surface area contributed by atoms with Gasteiger partial charge in [0.25, 0.3) is 11.8 Å². The Bertz CT molecular complexity index is 1120. The third-order valence-electron chi connectivity index (χ3n) is 5.77. The highest BCUT2D eigenvalue weighted by atomic mass is 16.5. The highest BCUT2D eigenvalue weighted by molar-refractivity contribution is 5.98. The Hall–Kier alpha value is -3.48. The quantitative estimate of drug-likeness (QED) is 0.163. The van der Waals surface area contributed by atoms with Crippen LogP contribution in [-0.2, 0) is 9.59 Å². The number of likely N-dealkylation sites (tertiary alicyclic amines) is 1. The summed E-state index contributed by atoms with van der Waals surface area (Å²) in [4.78, 5) is 54.0. The minimum Gasteiger partial charge on any atom is -0.508 e. The molecule has 1 aromatic carbocycles. The smallest absolute Gasteiger partial charge is 0.271 e. The number of fused-ring (bicyclic) bond motifs is 1. The predicted octanol–water partition coefficient (Wildman–Crippen LogP) is -1.02. The molecule has 12 nitrogen and oxygen atoms in total. The molecule has 12 heteroatoms. The molecule has 3 amide bonds. The molecule has 1 aliphatic rings. The van der Waals surface area contributed by atoms with Crippen molar-refractivity contribution >= 4 is 28.6 Å². The van der Waals surface area contributed by atoms with Gasteiger partial charge in [0.15, 0.2) is 5.43 Å². The average Bonchev–Trinajstić information content (AvgIpc) is 3.23. The molecule has 2 aromatic rings. The zero-order valence-electron chi connectivity index (χ0n) is 17.9. The van der Waals surface area contributed by atoms with Crippen molar-refractivity contribution in [2.75, 3.05) is 13.1 Å². The number of nitrogens with one attached hydrogen (secondary N) is 1. The lowest BCUT2D eigenvalue weighted by molar-refractivity contribution is -0.176. The summed E-state index contributed by atoms with van der Waals surface area (Å²) in [7, 11) is 0. The van der Waals surface area contributed by atoms with Crippen molar-refractivity contribution in [3.63, 3.8) is 0 Å². The number of hydroxylamine groups is 2. The zero-order chi connectivity index (χ0) is 24.3. The number of phenolic OH excluding ortho intramolecular Hbond substituents is 1. The molecule has 0 aliphatic carbocycles. The van der Waals surface area contributed by atoms with Crippen LogP contribution in [0.5, 0.6) is 5.75 Å². The average molecular weight is 460 g/mol. The van der Waals surface area contributed by atoms with Gasteiger partial charge in [-0.2, -0.15) is 0 Å². The number of H-pyrrole nitrogens is 1. The Morgan fingerprint density at radius 2 is 1.97 bits per heavy atom. The lowest BCUT2D eigenvalue weighted by atomic mass is 10.1. The second-order valence-electron chi connectivity index (χ2n) is 8.12. The molecule has 0 bridgehead atoms. The Kier molecular flexibility index (Phi) is 7.31. The first-order valence-corrected chi connectivity index (χ1v) is 10.6. The summed E-state index contributed by atoms with van der Waals surface area (Å²) >= 11 is 0. The third kappa shape index (κ3) is 5.13. The van der Waals surface area contributed by atoms with Crippen molar-refractivity contribution in [1.82, 2.24) is 14.9 Å². The van der Waals surface area contributed by atoms with Gasteiger partial charge in [-0.15, -0.1) is 0 Å².